The minimum Gasteiger partial charge on any atom is -0.471 e. The molecule has 0 atom stereocenters. The van der Waals surface area contributed by atoms with E-state index in [1.807, 2.05) is 41.1 Å². The van der Waals surface area contributed by atoms with Gasteiger partial charge in [-0.25, -0.2) is 0 Å². The summed E-state index contributed by atoms with van der Waals surface area (Å²) >= 11 is 0. The fraction of sp³-hybridized carbons (Fsp3) is 0.286. The van der Waals surface area contributed by atoms with Gasteiger partial charge in [0, 0.05) is 12.7 Å². The molecule has 0 saturated heterocycles. The molecule has 0 spiro atoms. The lowest BCUT2D eigenvalue weighted by Gasteiger charge is -2.08. The lowest BCUT2D eigenvalue weighted by atomic mass is 10.1. The van der Waals surface area contributed by atoms with Crippen molar-refractivity contribution in [3.63, 3.8) is 0 Å². The summed E-state index contributed by atoms with van der Waals surface area (Å²) in [5.41, 5.74) is 3.31. The molecule has 3 rings (SSSR count). The van der Waals surface area contributed by atoms with Gasteiger partial charge in [-0.1, -0.05) is 60.7 Å². The largest absolute Gasteiger partial charge is 0.471 e. The van der Waals surface area contributed by atoms with Crippen LogP contribution in [0.25, 0.3) is 11.1 Å². The summed E-state index contributed by atoms with van der Waals surface area (Å²) in [5, 5.41) is 4.67. The number of nitrogens with zero attached hydrogens (tertiary/aromatic N) is 3. The van der Waals surface area contributed by atoms with Crippen molar-refractivity contribution in [3.8, 4) is 17.0 Å². The van der Waals surface area contributed by atoms with Crippen LogP contribution in [0.2, 0.25) is 0 Å². The van der Waals surface area contributed by atoms with Crippen LogP contribution in [0.1, 0.15) is 12.0 Å². The number of aromatic nitrogens is 2. The Morgan fingerprint density at radius 2 is 1.56 bits per heavy atom. The molecule has 3 aromatic rings. The van der Waals surface area contributed by atoms with Gasteiger partial charge in [-0.2, -0.15) is 0 Å². The number of rotatable bonds is 8. The van der Waals surface area contributed by atoms with E-state index in [-0.39, 0.29) is 24.8 Å². The molecule has 0 amide bonds. The molecule has 0 N–H and O–H groups in total. The molecule has 6 heteroatoms. The molecule has 1 aromatic heterocycles. The molecule has 2 aromatic carbocycles. The van der Waals surface area contributed by atoms with Crippen molar-refractivity contribution in [2.24, 2.45) is 0 Å². The van der Waals surface area contributed by atoms with Gasteiger partial charge in [0.1, 0.15) is 6.61 Å². The van der Waals surface area contributed by atoms with Crippen LogP contribution >= 0.6 is 24.8 Å². The first-order valence-electron chi connectivity index (χ1n) is 8.67. The van der Waals surface area contributed by atoms with Gasteiger partial charge in [-0.15, -0.1) is 29.9 Å². The second kappa shape index (κ2) is 11.7. The van der Waals surface area contributed by atoms with Crippen LogP contribution in [0, 0.1) is 0 Å². The summed E-state index contributed by atoms with van der Waals surface area (Å²) in [4.78, 5) is 2.19. The zero-order valence-corrected chi connectivity index (χ0v) is 17.4. The minimum atomic E-state index is 0. The summed E-state index contributed by atoms with van der Waals surface area (Å²) in [6, 6.07) is 20.5. The molecule has 0 unspecified atom stereocenters. The minimum absolute atomic E-state index is 0. The van der Waals surface area contributed by atoms with Crippen LogP contribution in [0.3, 0.4) is 0 Å². The monoisotopic (exact) mass is 407 g/mol. The van der Waals surface area contributed by atoms with Crippen molar-refractivity contribution in [1.82, 2.24) is 14.7 Å². The molecule has 146 valence electrons. The lowest BCUT2D eigenvalue weighted by molar-refractivity contribution is 0.289. The van der Waals surface area contributed by atoms with E-state index in [2.05, 4.69) is 54.6 Å². The second-order valence-corrected chi connectivity index (χ2v) is 6.41. The number of aryl methyl sites for hydroxylation is 1. The SMILES string of the molecule is CN(C)CCCn1cc(-c2ccccc2)c(OCc2ccccc2)n1.Cl.Cl. The van der Waals surface area contributed by atoms with E-state index in [0.717, 1.165) is 36.2 Å². The van der Waals surface area contributed by atoms with E-state index in [1.165, 1.54) is 0 Å². The zero-order valence-electron chi connectivity index (χ0n) is 15.7. The van der Waals surface area contributed by atoms with Crippen LogP contribution in [-0.2, 0) is 13.2 Å². The van der Waals surface area contributed by atoms with Gasteiger partial charge in [-0.3, -0.25) is 4.68 Å². The van der Waals surface area contributed by atoms with Crippen molar-refractivity contribution in [1.29, 1.82) is 0 Å². The van der Waals surface area contributed by atoms with Gasteiger partial charge >= 0.3 is 0 Å². The fourth-order valence-electron chi connectivity index (χ4n) is 2.72. The highest BCUT2D eigenvalue weighted by Crippen LogP contribution is 2.29. The van der Waals surface area contributed by atoms with E-state index >= 15 is 0 Å². The summed E-state index contributed by atoms with van der Waals surface area (Å²) in [6.07, 6.45) is 3.15. The van der Waals surface area contributed by atoms with Crippen molar-refractivity contribution in [2.75, 3.05) is 20.6 Å². The first-order chi connectivity index (χ1) is 12.2. The van der Waals surface area contributed by atoms with Crippen LogP contribution in [-0.4, -0.2) is 35.3 Å². The highest BCUT2D eigenvalue weighted by molar-refractivity contribution is 5.85. The highest BCUT2D eigenvalue weighted by Gasteiger charge is 2.12. The molecule has 27 heavy (non-hydrogen) atoms. The predicted octanol–water partition coefficient (Wildman–Crippen LogP) is 4.92. The Morgan fingerprint density at radius 3 is 2.19 bits per heavy atom. The zero-order chi connectivity index (χ0) is 17.5. The molecular formula is C21H27Cl2N3O. The smallest absolute Gasteiger partial charge is 0.241 e. The first kappa shape index (κ1) is 23.0. The molecule has 0 radical (unpaired) electrons. The highest BCUT2D eigenvalue weighted by atomic mass is 35.5. The molecule has 0 fully saturated rings. The van der Waals surface area contributed by atoms with E-state index in [9.17, 15) is 0 Å². The third-order valence-corrected chi connectivity index (χ3v) is 4.02. The van der Waals surface area contributed by atoms with Crippen molar-refractivity contribution >= 4 is 24.8 Å². The molecule has 0 aliphatic carbocycles. The first-order valence-corrected chi connectivity index (χ1v) is 8.67. The van der Waals surface area contributed by atoms with Gasteiger partial charge in [0.15, 0.2) is 0 Å². The molecule has 0 aliphatic rings. The van der Waals surface area contributed by atoms with Crippen LogP contribution < -0.4 is 4.74 Å². The Balaban J connectivity index is 0.00000182. The van der Waals surface area contributed by atoms with E-state index in [1.54, 1.807) is 0 Å². The maximum Gasteiger partial charge on any atom is 0.241 e. The summed E-state index contributed by atoms with van der Waals surface area (Å²) in [6.45, 7) is 2.45. The summed E-state index contributed by atoms with van der Waals surface area (Å²) < 4.78 is 8.04. The van der Waals surface area contributed by atoms with Gasteiger partial charge in [0.2, 0.25) is 5.88 Å². The second-order valence-electron chi connectivity index (χ2n) is 6.41. The molecular weight excluding hydrogens is 381 g/mol. The van der Waals surface area contributed by atoms with Gasteiger partial charge in [-0.05, 0) is 38.2 Å². The van der Waals surface area contributed by atoms with Crippen molar-refractivity contribution in [3.05, 3.63) is 72.4 Å². The number of ether oxygens (including phenoxy) is 1. The predicted molar refractivity (Wildman–Crippen MR) is 116 cm³/mol. The van der Waals surface area contributed by atoms with Crippen molar-refractivity contribution in [2.45, 2.75) is 19.6 Å². The van der Waals surface area contributed by atoms with E-state index in [4.69, 9.17) is 4.74 Å². The van der Waals surface area contributed by atoms with Crippen LogP contribution in [0.5, 0.6) is 5.88 Å². The lowest BCUT2D eigenvalue weighted by Crippen LogP contribution is -2.15. The standard InChI is InChI=1S/C21H25N3O.2ClH/c1-23(2)14-9-15-24-16-20(19-12-7-4-8-13-19)21(22-24)25-17-18-10-5-3-6-11-18;;/h3-8,10-13,16H,9,14-15,17H2,1-2H3;2*1H. The van der Waals surface area contributed by atoms with Crippen molar-refractivity contribution < 1.29 is 4.74 Å². The molecule has 0 aliphatic heterocycles. The average molecular weight is 408 g/mol. The normalized spacial score (nSPS) is 10.2. The maximum absolute atomic E-state index is 6.04. The Morgan fingerprint density at radius 1 is 0.926 bits per heavy atom. The van der Waals surface area contributed by atoms with Crippen LogP contribution in [0.4, 0.5) is 0 Å². The number of benzene rings is 2. The fourth-order valence-corrected chi connectivity index (χ4v) is 2.72. The Labute approximate surface area is 174 Å². The third kappa shape index (κ3) is 6.90. The Hall–Kier alpha value is -2.01. The number of hydrogen-bond donors (Lipinski definition) is 0. The maximum atomic E-state index is 6.04. The molecule has 1 heterocycles. The Bertz CT molecular complexity index is 777. The quantitative estimate of drug-likeness (QED) is 0.530. The average Bonchev–Trinajstić information content (AvgIpc) is 3.04. The van der Waals surface area contributed by atoms with Gasteiger partial charge < -0.3 is 9.64 Å². The topological polar surface area (TPSA) is 30.3 Å². The summed E-state index contributed by atoms with van der Waals surface area (Å²) in [5.74, 6) is 0.694. The molecule has 4 nitrogen and oxygen atoms in total. The van der Waals surface area contributed by atoms with Gasteiger partial charge in [0.25, 0.3) is 0 Å². The number of halogens is 2. The van der Waals surface area contributed by atoms with E-state index < -0.39 is 0 Å². The van der Waals surface area contributed by atoms with E-state index in [0.29, 0.717) is 12.5 Å². The Kier molecular flexibility index (Phi) is 9.94. The molecule has 0 bridgehead atoms. The summed E-state index contributed by atoms with van der Waals surface area (Å²) in [7, 11) is 4.18. The molecule has 0 saturated carbocycles. The van der Waals surface area contributed by atoms with Gasteiger partial charge in [0.05, 0.1) is 5.56 Å². The number of hydrogen-bond acceptors (Lipinski definition) is 3. The third-order valence-electron chi connectivity index (χ3n) is 4.02. The van der Waals surface area contributed by atoms with Crippen LogP contribution in [0.15, 0.2) is 66.9 Å².